The summed E-state index contributed by atoms with van der Waals surface area (Å²) in [7, 11) is 0. The zero-order chi connectivity index (χ0) is 17.9. The van der Waals surface area contributed by atoms with Crippen LogP contribution in [0.1, 0.15) is 48.7 Å². The molecular formula is C18H19N5O3. The van der Waals surface area contributed by atoms with Crippen molar-refractivity contribution in [3.8, 4) is 0 Å². The van der Waals surface area contributed by atoms with Crippen molar-refractivity contribution in [3.63, 3.8) is 0 Å². The lowest BCUT2D eigenvalue weighted by Gasteiger charge is -2.33. The van der Waals surface area contributed by atoms with Gasteiger partial charge in [0.1, 0.15) is 5.82 Å². The van der Waals surface area contributed by atoms with Crippen molar-refractivity contribution in [2.45, 2.75) is 38.1 Å². The Morgan fingerprint density at radius 3 is 3.08 bits per heavy atom. The van der Waals surface area contributed by atoms with Crippen molar-refractivity contribution in [1.82, 2.24) is 20.0 Å². The molecule has 8 nitrogen and oxygen atoms in total. The van der Waals surface area contributed by atoms with Gasteiger partial charge >= 0.3 is 0 Å². The lowest BCUT2D eigenvalue weighted by Crippen LogP contribution is -2.38. The molecule has 2 aliphatic heterocycles. The second-order valence-corrected chi connectivity index (χ2v) is 6.49. The molecule has 0 saturated carbocycles. The van der Waals surface area contributed by atoms with Gasteiger partial charge in [0.15, 0.2) is 5.82 Å². The Balaban J connectivity index is 1.49. The number of amides is 2. The molecule has 2 aromatic heterocycles. The van der Waals surface area contributed by atoms with Crippen molar-refractivity contribution in [2.75, 3.05) is 11.9 Å². The number of likely N-dealkylation sites (tertiary alicyclic amines) is 1. The highest BCUT2D eigenvalue weighted by molar-refractivity contribution is 5.94. The molecule has 1 atom stereocenters. The Labute approximate surface area is 150 Å². The fourth-order valence-corrected chi connectivity index (χ4v) is 3.42. The first-order chi connectivity index (χ1) is 12.7. The van der Waals surface area contributed by atoms with Gasteiger partial charge in [-0.2, -0.15) is 4.98 Å². The van der Waals surface area contributed by atoms with E-state index in [4.69, 9.17) is 4.52 Å². The fourth-order valence-electron chi connectivity index (χ4n) is 3.42. The maximum atomic E-state index is 12.7. The number of anilines is 1. The van der Waals surface area contributed by atoms with E-state index in [1.54, 1.807) is 23.2 Å². The summed E-state index contributed by atoms with van der Waals surface area (Å²) in [6.45, 7) is 0.677. The molecule has 0 radical (unpaired) electrons. The van der Waals surface area contributed by atoms with E-state index in [0.29, 0.717) is 31.0 Å². The third-order valence-corrected chi connectivity index (χ3v) is 4.75. The van der Waals surface area contributed by atoms with Crippen LogP contribution in [0.15, 0.2) is 29.3 Å². The van der Waals surface area contributed by atoms with Crippen molar-refractivity contribution >= 4 is 23.7 Å². The predicted molar refractivity (Wildman–Crippen MR) is 92.8 cm³/mol. The molecule has 1 unspecified atom stereocenters. The van der Waals surface area contributed by atoms with Crippen LogP contribution in [0.25, 0.3) is 6.08 Å². The smallest absolute Gasteiger partial charge is 0.247 e. The molecule has 1 N–H and O–H groups in total. The number of nitrogens with one attached hydrogen (secondary N) is 1. The molecule has 2 amide bonds. The largest absolute Gasteiger partial charge is 0.343 e. The summed E-state index contributed by atoms with van der Waals surface area (Å²) in [6.07, 6.45) is 10.2. The Kier molecular flexibility index (Phi) is 4.47. The molecule has 8 heteroatoms. The molecule has 4 rings (SSSR count). The van der Waals surface area contributed by atoms with Crippen LogP contribution >= 0.6 is 0 Å². The highest BCUT2D eigenvalue weighted by Gasteiger charge is 2.29. The van der Waals surface area contributed by atoms with Gasteiger partial charge in [-0.1, -0.05) is 5.16 Å². The van der Waals surface area contributed by atoms with Gasteiger partial charge in [0.2, 0.25) is 18.2 Å². The maximum Gasteiger partial charge on any atom is 0.247 e. The predicted octanol–water partition coefficient (Wildman–Crippen LogP) is 2.12. The van der Waals surface area contributed by atoms with Crippen LogP contribution in [0.3, 0.4) is 0 Å². The normalized spacial score (nSPS) is 20.1. The Morgan fingerprint density at radius 1 is 1.31 bits per heavy atom. The van der Waals surface area contributed by atoms with Crippen molar-refractivity contribution in [3.05, 3.63) is 41.7 Å². The zero-order valence-electron chi connectivity index (χ0n) is 14.2. The molecule has 0 aromatic carbocycles. The summed E-state index contributed by atoms with van der Waals surface area (Å²) in [5.41, 5.74) is 1.82. The lowest BCUT2D eigenvalue weighted by atomic mass is 10.0. The van der Waals surface area contributed by atoms with Gasteiger partial charge in [0, 0.05) is 25.2 Å². The summed E-state index contributed by atoms with van der Waals surface area (Å²) in [5, 5.41) is 6.65. The Hall–Kier alpha value is -3.03. The average molecular weight is 353 g/mol. The molecule has 4 heterocycles. The number of piperidine rings is 1. The minimum Gasteiger partial charge on any atom is -0.343 e. The highest BCUT2D eigenvalue weighted by Crippen LogP contribution is 2.29. The van der Waals surface area contributed by atoms with Crippen LogP contribution in [0.4, 0.5) is 5.82 Å². The molecule has 26 heavy (non-hydrogen) atoms. The van der Waals surface area contributed by atoms with E-state index in [1.165, 1.54) is 6.39 Å². The van der Waals surface area contributed by atoms with Crippen LogP contribution in [0, 0.1) is 0 Å². The van der Waals surface area contributed by atoms with Crippen molar-refractivity contribution in [1.29, 1.82) is 0 Å². The SMILES string of the molecule is O=C1CCc2cc(C=CC(=O)N3CCCCC3c3ncon3)cnc2N1. The second-order valence-electron chi connectivity index (χ2n) is 6.49. The highest BCUT2D eigenvalue weighted by atomic mass is 16.5. The first kappa shape index (κ1) is 16.4. The minimum absolute atomic E-state index is 0.0129. The molecule has 0 spiro atoms. The van der Waals surface area contributed by atoms with E-state index in [9.17, 15) is 9.59 Å². The van der Waals surface area contributed by atoms with E-state index >= 15 is 0 Å². The quantitative estimate of drug-likeness (QED) is 0.848. The number of aromatic nitrogens is 3. The Morgan fingerprint density at radius 2 is 2.23 bits per heavy atom. The lowest BCUT2D eigenvalue weighted by molar-refractivity contribution is -0.129. The van der Waals surface area contributed by atoms with Crippen LogP contribution in [-0.2, 0) is 16.0 Å². The van der Waals surface area contributed by atoms with Crippen LogP contribution in [-0.4, -0.2) is 38.4 Å². The standard InChI is InChI=1S/C18H19N5O3/c24-15-6-5-13-9-12(10-19-17(13)21-15)4-7-16(25)23-8-2-1-3-14(23)18-20-11-26-22-18/h4,7,9-11,14H,1-3,5-6,8H2,(H,19,21,24). The van der Waals surface area contributed by atoms with Gasteiger partial charge in [0.25, 0.3) is 0 Å². The van der Waals surface area contributed by atoms with E-state index in [-0.39, 0.29) is 17.9 Å². The number of hydrogen-bond acceptors (Lipinski definition) is 6. The molecule has 1 fully saturated rings. The number of hydrogen-bond donors (Lipinski definition) is 1. The summed E-state index contributed by atoms with van der Waals surface area (Å²) in [4.78, 5) is 34.2. The number of rotatable bonds is 3. The molecule has 2 aromatic rings. The average Bonchev–Trinajstić information content (AvgIpc) is 3.20. The van der Waals surface area contributed by atoms with Gasteiger partial charge < -0.3 is 14.7 Å². The zero-order valence-corrected chi connectivity index (χ0v) is 14.2. The van der Waals surface area contributed by atoms with Gasteiger partial charge in [-0.15, -0.1) is 0 Å². The minimum atomic E-state index is -0.142. The van der Waals surface area contributed by atoms with E-state index < -0.39 is 0 Å². The number of fused-ring (bicyclic) bond motifs is 1. The first-order valence-corrected chi connectivity index (χ1v) is 8.74. The van der Waals surface area contributed by atoms with Gasteiger partial charge in [-0.25, -0.2) is 4.98 Å². The number of carbonyl (C=O) groups is 2. The molecule has 1 saturated heterocycles. The van der Waals surface area contributed by atoms with Crippen LogP contribution in [0.2, 0.25) is 0 Å². The Bertz CT molecular complexity index is 847. The van der Waals surface area contributed by atoms with Crippen LogP contribution in [0.5, 0.6) is 0 Å². The third-order valence-electron chi connectivity index (χ3n) is 4.75. The summed E-state index contributed by atoms with van der Waals surface area (Å²) in [5.74, 6) is 1.07. The van der Waals surface area contributed by atoms with Crippen LogP contribution < -0.4 is 5.32 Å². The molecule has 0 aliphatic carbocycles. The second kappa shape index (κ2) is 7.07. The fraction of sp³-hybridized carbons (Fsp3) is 0.389. The first-order valence-electron chi connectivity index (χ1n) is 8.74. The maximum absolute atomic E-state index is 12.7. The topological polar surface area (TPSA) is 101 Å². The van der Waals surface area contributed by atoms with Gasteiger partial charge in [-0.3, -0.25) is 9.59 Å². The third kappa shape index (κ3) is 3.35. The number of nitrogens with zero attached hydrogens (tertiary/aromatic N) is 4. The monoisotopic (exact) mass is 353 g/mol. The number of pyridine rings is 1. The number of aryl methyl sites for hydroxylation is 1. The van der Waals surface area contributed by atoms with E-state index in [1.807, 2.05) is 6.07 Å². The van der Waals surface area contributed by atoms with E-state index in [2.05, 4.69) is 20.4 Å². The molecular weight excluding hydrogens is 334 g/mol. The summed E-state index contributed by atoms with van der Waals surface area (Å²) in [6, 6.07) is 1.81. The number of carbonyl (C=O) groups excluding carboxylic acids is 2. The van der Waals surface area contributed by atoms with Gasteiger partial charge in [-0.05, 0) is 49.0 Å². The molecule has 134 valence electrons. The molecule has 0 bridgehead atoms. The van der Waals surface area contributed by atoms with Crippen molar-refractivity contribution < 1.29 is 14.1 Å². The summed E-state index contributed by atoms with van der Waals surface area (Å²) < 4.78 is 4.83. The molecule has 2 aliphatic rings. The van der Waals surface area contributed by atoms with Gasteiger partial charge in [0.05, 0.1) is 6.04 Å². The van der Waals surface area contributed by atoms with E-state index in [0.717, 1.165) is 30.4 Å². The summed E-state index contributed by atoms with van der Waals surface area (Å²) >= 11 is 0. The van der Waals surface area contributed by atoms with Crippen molar-refractivity contribution in [2.24, 2.45) is 0 Å².